The zero-order valence-corrected chi connectivity index (χ0v) is 29.1. The second-order valence-corrected chi connectivity index (χ2v) is 14.3. The number of cyclic esters (lactones) is 1. The lowest BCUT2D eigenvalue weighted by Gasteiger charge is -2.47. The molecule has 0 bridgehead atoms. The number of Topliss-reactive ketones (excluding diaryl/α,β-unsaturated/α-hetero) is 1. The van der Waals surface area contributed by atoms with E-state index in [9.17, 15) is 19.8 Å². The van der Waals surface area contributed by atoms with Crippen LogP contribution in [0.1, 0.15) is 74.7 Å². The highest BCUT2D eigenvalue weighted by Crippen LogP contribution is 2.38. The maximum atomic E-state index is 14.1. The summed E-state index contributed by atoms with van der Waals surface area (Å²) >= 11 is 0. The molecule has 3 fully saturated rings. The third-order valence-electron chi connectivity index (χ3n) is 10.4. The summed E-state index contributed by atoms with van der Waals surface area (Å²) in [6.45, 7) is 15.3. The van der Waals surface area contributed by atoms with Gasteiger partial charge in [0.1, 0.15) is 23.7 Å². The lowest BCUT2D eigenvalue weighted by molar-refractivity contribution is -0.299. The molecule has 6 N–H and O–H groups in total. The molecule has 0 aliphatic carbocycles. The lowest BCUT2D eigenvalue weighted by atomic mass is 9.78. The molecule has 0 amide bonds. The van der Waals surface area contributed by atoms with Crippen LogP contribution < -0.4 is 16.4 Å². The van der Waals surface area contributed by atoms with Gasteiger partial charge in [-0.05, 0) is 80.4 Å². The number of nitrogens with one attached hydrogen (secondary N) is 2. The summed E-state index contributed by atoms with van der Waals surface area (Å²) in [5.74, 6) is -3.02. The van der Waals surface area contributed by atoms with Crippen molar-refractivity contribution in [1.29, 1.82) is 0 Å². The van der Waals surface area contributed by atoms with Crippen LogP contribution in [0.15, 0.2) is 0 Å². The Bertz CT molecular complexity index is 1000. The summed E-state index contributed by atoms with van der Waals surface area (Å²) in [7, 11) is 5.34. The normalized spacial score (nSPS) is 46.6. The minimum absolute atomic E-state index is 0.0373. The number of aliphatic hydroxyl groups is 2. The highest BCUT2D eigenvalue weighted by Gasteiger charge is 2.54. The standard InChI is InChI=1S/C32H60N4O9/c1-12-23-32(8)26(35-30(40)45-32)20(6)34-15-16(2)14-31(7,41-11)27(17(3)24(37)18(4)28(39)43-23)44-29-25(38)21(36(9)10)13-22(42-29)19(5)33/h16-23,25-27,29-30,34-35,38,40H,12-15,33H2,1-11H3/t16-,17+,18?,19?,20-,21?,22+,23-,25-,26-,27-,29+,30?,31-,32-/m1/s1. The molecule has 3 heterocycles. The van der Waals surface area contributed by atoms with Crippen molar-refractivity contribution in [3.8, 4) is 0 Å². The van der Waals surface area contributed by atoms with Gasteiger partial charge in [0.05, 0.1) is 23.9 Å². The summed E-state index contributed by atoms with van der Waals surface area (Å²) in [4.78, 5) is 29.6. The molecule has 0 aromatic heterocycles. The second-order valence-electron chi connectivity index (χ2n) is 14.3. The monoisotopic (exact) mass is 644 g/mol. The molecule has 13 nitrogen and oxygen atoms in total. The topological polar surface area (TPSA) is 174 Å². The first kappa shape index (κ1) is 38.2. The number of nitrogens with two attached hydrogens (primary N) is 1. The zero-order chi connectivity index (χ0) is 34.0. The Morgan fingerprint density at radius 3 is 2.36 bits per heavy atom. The van der Waals surface area contributed by atoms with Crippen molar-refractivity contribution in [2.45, 2.75) is 147 Å². The number of methoxy groups -OCH3 is 1. The van der Waals surface area contributed by atoms with Gasteiger partial charge < -0.3 is 49.8 Å². The quantitative estimate of drug-likeness (QED) is 0.203. The summed E-state index contributed by atoms with van der Waals surface area (Å²) in [6.07, 6.45) is -3.96. The first-order valence-electron chi connectivity index (χ1n) is 16.5. The number of fused-ring (bicyclic) bond motifs is 1. The predicted molar refractivity (Wildman–Crippen MR) is 168 cm³/mol. The van der Waals surface area contributed by atoms with E-state index in [2.05, 4.69) is 17.6 Å². The lowest BCUT2D eigenvalue weighted by Crippen LogP contribution is -2.61. The molecule has 3 rings (SSSR count). The van der Waals surface area contributed by atoms with E-state index in [1.807, 2.05) is 53.6 Å². The number of carbonyl (C=O) groups excluding carboxylic acids is 2. The molecule has 0 radical (unpaired) electrons. The summed E-state index contributed by atoms with van der Waals surface area (Å²) in [5, 5.41) is 28.5. The van der Waals surface area contributed by atoms with Gasteiger partial charge in [0.2, 0.25) is 6.41 Å². The van der Waals surface area contributed by atoms with Crippen molar-refractivity contribution in [2.75, 3.05) is 27.7 Å². The maximum absolute atomic E-state index is 14.1. The Morgan fingerprint density at radius 2 is 1.80 bits per heavy atom. The first-order valence-corrected chi connectivity index (χ1v) is 16.5. The van der Waals surface area contributed by atoms with Gasteiger partial charge >= 0.3 is 5.97 Å². The Morgan fingerprint density at radius 1 is 1.16 bits per heavy atom. The minimum atomic E-state index is -1.23. The second kappa shape index (κ2) is 15.3. The van der Waals surface area contributed by atoms with E-state index in [0.29, 0.717) is 25.8 Å². The molecule has 3 aliphatic heterocycles. The van der Waals surface area contributed by atoms with E-state index in [-0.39, 0.29) is 35.9 Å². The van der Waals surface area contributed by atoms with Crippen LogP contribution in [0, 0.1) is 17.8 Å². The molecule has 3 saturated heterocycles. The fraction of sp³-hybridized carbons (Fsp3) is 0.938. The van der Waals surface area contributed by atoms with Crippen LogP contribution in [0.25, 0.3) is 0 Å². The molecule has 13 heteroatoms. The van der Waals surface area contributed by atoms with Crippen molar-refractivity contribution in [3.63, 3.8) is 0 Å². The molecule has 262 valence electrons. The van der Waals surface area contributed by atoms with Crippen molar-refractivity contribution in [2.24, 2.45) is 23.5 Å². The largest absolute Gasteiger partial charge is 0.459 e. The molecular weight excluding hydrogens is 584 g/mol. The molecule has 3 aliphatic rings. The van der Waals surface area contributed by atoms with Crippen LogP contribution in [0.3, 0.4) is 0 Å². The average Bonchev–Trinajstić information content (AvgIpc) is 3.30. The fourth-order valence-corrected chi connectivity index (χ4v) is 7.45. The minimum Gasteiger partial charge on any atom is -0.459 e. The molecular formula is C32H60N4O9. The molecule has 4 unspecified atom stereocenters. The highest BCUT2D eigenvalue weighted by molar-refractivity contribution is 6.00. The van der Waals surface area contributed by atoms with Crippen molar-refractivity contribution in [3.05, 3.63) is 0 Å². The van der Waals surface area contributed by atoms with Gasteiger partial charge in [-0.1, -0.05) is 20.8 Å². The molecule has 0 aromatic rings. The van der Waals surface area contributed by atoms with Crippen LogP contribution in [0.4, 0.5) is 0 Å². The van der Waals surface area contributed by atoms with Gasteiger partial charge in [-0.15, -0.1) is 0 Å². The molecule has 45 heavy (non-hydrogen) atoms. The fourth-order valence-electron chi connectivity index (χ4n) is 7.45. The Balaban J connectivity index is 2.03. The van der Waals surface area contributed by atoms with E-state index in [1.54, 1.807) is 14.0 Å². The Hall–Kier alpha value is -1.26. The number of aliphatic hydroxyl groups excluding tert-OH is 2. The van der Waals surface area contributed by atoms with E-state index < -0.39 is 66.1 Å². The average molecular weight is 645 g/mol. The first-order chi connectivity index (χ1) is 20.9. The van der Waals surface area contributed by atoms with Crippen molar-refractivity contribution >= 4 is 11.8 Å². The van der Waals surface area contributed by atoms with Gasteiger partial charge in [0.15, 0.2) is 12.1 Å². The number of rotatable bonds is 6. The third kappa shape index (κ3) is 8.25. The van der Waals surface area contributed by atoms with Crippen LogP contribution in [-0.2, 0) is 33.3 Å². The highest BCUT2D eigenvalue weighted by atomic mass is 16.7. The number of nitrogens with zero attached hydrogens (tertiary/aromatic N) is 1. The zero-order valence-electron chi connectivity index (χ0n) is 29.1. The van der Waals surface area contributed by atoms with Gasteiger partial charge in [-0.3, -0.25) is 14.9 Å². The number of hydrogen-bond donors (Lipinski definition) is 5. The molecule has 0 saturated carbocycles. The smallest absolute Gasteiger partial charge is 0.316 e. The van der Waals surface area contributed by atoms with Gasteiger partial charge in [-0.2, -0.15) is 0 Å². The Labute approximate surface area is 269 Å². The van der Waals surface area contributed by atoms with E-state index in [0.717, 1.165) is 0 Å². The van der Waals surface area contributed by atoms with Crippen LogP contribution >= 0.6 is 0 Å². The predicted octanol–water partition coefficient (Wildman–Crippen LogP) is 0.734. The van der Waals surface area contributed by atoms with E-state index in [1.165, 1.54) is 6.92 Å². The van der Waals surface area contributed by atoms with Crippen molar-refractivity contribution in [1.82, 2.24) is 15.5 Å². The molecule has 0 spiro atoms. The summed E-state index contributed by atoms with van der Waals surface area (Å²) < 4.78 is 30.9. The third-order valence-corrected chi connectivity index (χ3v) is 10.4. The number of esters is 1. The van der Waals surface area contributed by atoms with Crippen LogP contribution in [0.2, 0.25) is 0 Å². The van der Waals surface area contributed by atoms with Gasteiger partial charge in [0.25, 0.3) is 0 Å². The molecule has 15 atom stereocenters. The number of ether oxygens (including phenoxy) is 5. The van der Waals surface area contributed by atoms with Gasteiger partial charge in [0, 0.05) is 31.2 Å². The number of carbonyl (C=O) groups is 2. The number of hydrogen-bond acceptors (Lipinski definition) is 13. The van der Waals surface area contributed by atoms with Gasteiger partial charge in [-0.25, -0.2) is 0 Å². The number of likely N-dealkylation sites (N-methyl/N-ethyl adjacent to an activating group) is 1. The van der Waals surface area contributed by atoms with Crippen molar-refractivity contribution < 1.29 is 43.5 Å². The maximum Gasteiger partial charge on any atom is 0.316 e. The SMILES string of the molecule is CC[C@H]1OC(=O)C(C)C(=O)[C@H](C)[C@@H](O[C@@H]2O[C@H](C(C)N)CC(N(C)C)[C@H]2O)[C@](C)(OC)C[C@@H](C)CN[C@H](C)[C@H]2NC(O)O[C@@]21C. The molecule has 0 aromatic carbocycles. The summed E-state index contributed by atoms with van der Waals surface area (Å²) in [6, 6.07) is -1.19. The van der Waals surface area contributed by atoms with Crippen LogP contribution in [-0.4, -0.2) is 127 Å². The van der Waals surface area contributed by atoms with E-state index in [4.69, 9.17) is 29.4 Å². The van der Waals surface area contributed by atoms with E-state index >= 15 is 0 Å². The Kier molecular flexibility index (Phi) is 13.0. The van der Waals surface area contributed by atoms with Crippen LogP contribution in [0.5, 0.6) is 0 Å². The number of ketones is 1. The summed E-state index contributed by atoms with van der Waals surface area (Å²) in [5.41, 5.74) is 4.16.